The van der Waals surface area contributed by atoms with Crippen molar-refractivity contribution >= 4 is 12.0 Å². The van der Waals surface area contributed by atoms with E-state index in [1.165, 1.54) is 0 Å². The van der Waals surface area contributed by atoms with Crippen molar-refractivity contribution in [2.45, 2.75) is 12.8 Å². The van der Waals surface area contributed by atoms with E-state index < -0.39 is 52.9 Å². The lowest BCUT2D eigenvalue weighted by atomic mass is 10.1. The van der Waals surface area contributed by atoms with Gasteiger partial charge in [0.25, 0.3) is 5.91 Å². The number of rotatable bonds is 15. The molecule has 0 saturated carbocycles. The predicted molar refractivity (Wildman–Crippen MR) is 159 cm³/mol. The molecule has 0 fully saturated rings. The Bertz CT molecular complexity index is 1590. The maximum absolute atomic E-state index is 13.6. The van der Waals surface area contributed by atoms with Crippen LogP contribution >= 0.6 is 0 Å². The van der Waals surface area contributed by atoms with Crippen LogP contribution in [-0.4, -0.2) is 69.4 Å². The molecule has 0 aliphatic rings. The van der Waals surface area contributed by atoms with Gasteiger partial charge in [0, 0.05) is 24.2 Å². The van der Waals surface area contributed by atoms with Gasteiger partial charge in [0.05, 0.1) is 33.0 Å². The number of carbonyl (C=O) groups is 2. The minimum atomic E-state index is -2.36. The maximum Gasteiger partial charge on any atom is 0.407 e. The van der Waals surface area contributed by atoms with E-state index >= 15 is 0 Å². The van der Waals surface area contributed by atoms with Gasteiger partial charge in [0.15, 0.2) is 23.3 Å². The standard InChI is InChI=1S/C33H30F5N3O6/c34-27-26(28(35)30(37)31(38)29(27)36)32(43)40-15-17-46-19-18-45-16-14-39-25(42)20-41-33(44)47-21-24-12-10-23(11-13-24)9-5-4-8-22-6-2-1-3-7-22/h1-3,6-7,10-13,25,39,42H,14-21H2,(H,40,43)(H,41,44). The highest BCUT2D eigenvalue weighted by atomic mass is 19.2. The van der Waals surface area contributed by atoms with Crippen LogP contribution in [0.25, 0.3) is 0 Å². The van der Waals surface area contributed by atoms with Crippen LogP contribution in [0, 0.1) is 52.8 Å². The Morgan fingerprint density at radius 3 is 1.87 bits per heavy atom. The second-order valence-corrected chi connectivity index (χ2v) is 9.42. The normalized spacial score (nSPS) is 11.0. The summed E-state index contributed by atoms with van der Waals surface area (Å²) in [5, 5.41) is 17.1. The Hall–Kier alpha value is -4.99. The number of nitrogens with one attached hydrogen (secondary N) is 3. The summed E-state index contributed by atoms with van der Waals surface area (Å²) >= 11 is 0. The topological polar surface area (TPSA) is 118 Å². The number of benzene rings is 3. The van der Waals surface area contributed by atoms with Gasteiger partial charge in [-0.25, -0.2) is 26.7 Å². The van der Waals surface area contributed by atoms with Gasteiger partial charge in [0.1, 0.15) is 18.4 Å². The van der Waals surface area contributed by atoms with E-state index in [1.54, 1.807) is 24.3 Å². The van der Waals surface area contributed by atoms with E-state index in [1.807, 2.05) is 35.6 Å². The van der Waals surface area contributed by atoms with E-state index in [4.69, 9.17) is 14.2 Å². The van der Waals surface area contributed by atoms with E-state index in [0.717, 1.165) is 16.7 Å². The lowest BCUT2D eigenvalue weighted by Crippen LogP contribution is -2.42. The van der Waals surface area contributed by atoms with E-state index in [2.05, 4.69) is 34.3 Å². The Labute approximate surface area is 267 Å². The summed E-state index contributed by atoms with van der Waals surface area (Å²) < 4.78 is 82.4. The Morgan fingerprint density at radius 2 is 1.26 bits per heavy atom. The summed E-state index contributed by atoms with van der Waals surface area (Å²) in [4.78, 5) is 23.8. The first-order valence-corrected chi connectivity index (χ1v) is 14.1. The van der Waals surface area contributed by atoms with Gasteiger partial charge in [-0.05, 0) is 41.7 Å². The second kappa shape index (κ2) is 19.5. The number of carbonyl (C=O) groups excluding carboxylic acids is 2. The molecular weight excluding hydrogens is 629 g/mol. The highest BCUT2D eigenvalue weighted by Crippen LogP contribution is 2.22. The van der Waals surface area contributed by atoms with Crippen molar-refractivity contribution in [3.63, 3.8) is 0 Å². The molecule has 0 aromatic heterocycles. The molecule has 0 spiro atoms. The van der Waals surface area contributed by atoms with Crippen molar-refractivity contribution in [2.24, 2.45) is 0 Å². The van der Waals surface area contributed by atoms with Crippen molar-refractivity contribution in [2.75, 3.05) is 46.1 Å². The molecule has 2 amide bonds. The first-order chi connectivity index (χ1) is 22.7. The molecule has 0 bridgehead atoms. The van der Waals surface area contributed by atoms with Gasteiger partial charge >= 0.3 is 6.09 Å². The van der Waals surface area contributed by atoms with E-state index in [9.17, 15) is 36.6 Å². The zero-order chi connectivity index (χ0) is 34.0. The molecule has 0 heterocycles. The summed E-state index contributed by atoms with van der Waals surface area (Å²) in [6.45, 7) is 0.0631. The number of aliphatic hydroxyl groups excluding tert-OH is 1. The SMILES string of the molecule is O=C(NCC(O)NCCOCCOCCNC(=O)c1c(F)c(F)c(F)c(F)c1F)OCc1ccc(C#CC#Cc2ccccc2)cc1. The lowest BCUT2D eigenvalue weighted by molar-refractivity contribution is 0.0431. The fraction of sp³-hybridized carbons (Fsp3) is 0.273. The fourth-order valence-corrected chi connectivity index (χ4v) is 3.61. The number of halogens is 5. The second-order valence-electron chi connectivity index (χ2n) is 9.42. The summed E-state index contributed by atoms with van der Waals surface area (Å²) in [5.41, 5.74) is 0.797. The maximum atomic E-state index is 13.6. The highest BCUT2D eigenvalue weighted by molar-refractivity contribution is 5.94. The first kappa shape index (κ1) is 36.5. The van der Waals surface area contributed by atoms with Crippen molar-refractivity contribution in [3.05, 3.63) is 106 Å². The molecule has 47 heavy (non-hydrogen) atoms. The molecule has 0 saturated heterocycles. The summed E-state index contributed by atoms with van der Waals surface area (Å²) in [7, 11) is 0. The van der Waals surface area contributed by atoms with Crippen LogP contribution in [0.1, 0.15) is 27.0 Å². The van der Waals surface area contributed by atoms with Crippen LogP contribution in [0.2, 0.25) is 0 Å². The highest BCUT2D eigenvalue weighted by Gasteiger charge is 2.29. The number of ether oxygens (including phenoxy) is 3. The van der Waals surface area contributed by atoms with Gasteiger partial charge < -0.3 is 30.0 Å². The molecule has 3 aromatic rings. The molecule has 1 unspecified atom stereocenters. The predicted octanol–water partition coefficient (Wildman–Crippen LogP) is 3.38. The lowest BCUT2D eigenvalue weighted by Gasteiger charge is -2.14. The molecule has 0 radical (unpaired) electrons. The largest absolute Gasteiger partial charge is 0.445 e. The number of hydrogen-bond donors (Lipinski definition) is 4. The third-order valence-electron chi connectivity index (χ3n) is 5.98. The van der Waals surface area contributed by atoms with Gasteiger partial charge in [-0.3, -0.25) is 10.1 Å². The van der Waals surface area contributed by atoms with Crippen molar-refractivity contribution in [1.82, 2.24) is 16.0 Å². The van der Waals surface area contributed by atoms with Gasteiger partial charge in [-0.2, -0.15) is 0 Å². The Morgan fingerprint density at radius 1 is 0.702 bits per heavy atom. The van der Waals surface area contributed by atoms with Gasteiger partial charge in [-0.1, -0.05) is 42.2 Å². The summed E-state index contributed by atoms with van der Waals surface area (Å²) in [5.74, 6) is -1.25. The average molecular weight is 660 g/mol. The van der Waals surface area contributed by atoms with Crippen molar-refractivity contribution in [1.29, 1.82) is 0 Å². The third kappa shape index (κ3) is 12.4. The summed E-state index contributed by atoms with van der Waals surface area (Å²) in [6, 6.07) is 16.6. The smallest absolute Gasteiger partial charge is 0.407 e. The number of aliphatic hydroxyl groups is 1. The van der Waals surface area contributed by atoms with Crippen LogP contribution in [0.4, 0.5) is 26.7 Å². The molecule has 248 valence electrons. The van der Waals surface area contributed by atoms with Crippen LogP contribution < -0.4 is 16.0 Å². The zero-order valence-electron chi connectivity index (χ0n) is 24.8. The fourth-order valence-electron chi connectivity index (χ4n) is 3.61. The first-order valence-electron chi connectivity index (χ1n) is 14.1. The Kier molecular flexibility index (Phi) is 15.1. The molecule has 3 aromatic carbocycles. The minimum absolute atomic E-state index is 0.0183. The molecule has 3 rings (SSSR count). The van der Waals surface area contributed by atoms with E-state index in [-0.39, 0.29) is 52.7 Å². The van der Waals surface area contributed by atoms with Crippen molar-refractivity contribution in [3.8, 4) is 23.7 Å². The van der Waals surface area contributed by atoms with Gasteiger partial charge in [-0.15, -0.1) is 0 Å². The summed E-state index contributed by atoms with van der Waals surface area (Å²) in [6.07, 6.45) is -1.80. The molecular formula is C33H30F5N3O6. The molecule has 1 atom stereocenters. The Balaban J connectivity index is 1.19. The third-order valence-corrected chi connectivity index (χ3v) is 5.98. The molecule has 9 nitrogen and oxygen atoms in total. The molecule has 0 aliphatic heterocycles. The minimum Gasteiger partial charge on any atom is -0.445 e. The van der Waals surface area contributed by atoms with Gasteiger partial charge in [0.2, 0.25) is 5.82 Å². The monoisotopic (exact) mass is 659 g/mol. The quantitative estimate of drug-likeness (QED) is 0.0494. The average Bonchev–Trinajstić information content (AvgIpc) is 3.08. The zero-order valence-corrected chi connectivity index (χ0v) is 24.8. The van der Waals surface area contributed by atoms with Crippen LogP contribution in [0.3, 0.4) is 0 Å². The molecule has 14 heteroatoms. The van der Waals surface area contributed by atoms with E-state index in [0.29, 0.717) is 0 Å². The van der Waals surface area contributed by atoms with Crippen LogP contribution in [0.5, 0.6) is 0 Å². The number of alkyl carbamates (subject to hydrolysis) is 1. The van der Waals surface area contributed by atoms with Crippen LogP contribution in [0.15, 0.2) is 54.6 Å². The van der Waals surface area contributed by atoms with Crippen LogP contribution in [-0.2, 0) is 20.8 Å². The van der Waals surface area contributed by atoms with Crippen molar-refractivity contribution < 1.29 is 50.9 Å². The molecule has 4 N–H and O–H groups in total. The number of hydrogen-bond acceptors (Lipinski definition) is 7. The number of amides is 2. The molecule has 0 aliphatic carbocycles.